The molecule has 1 aromatic rings. The highest BCUT2D eigenvalue weighted by Gasteiger charge is 2.70. The van der Waals surface area contributed by atoms with Crippen molar-refractivity contribution in [2.24, 2.45) is 28.6 Å². The highest BCUT2D eigenvalue weighted by molar-refractivity contribution is 7.86. The summed E-state index contributed by atoms with van der Waals surface area (Å²) in [4.78, 5) is 52.9. The number of halogens is 1. The second kappa shape index (κ2) is 11.0. The van der Waals surface area contributed by atoms with Gasteiger partial charge in [0.1, 0.15) is 12.4 Å². The predicted octanol–water partition coefficient (Wildman–Crippen LogP) is 5.40. The van der Waals surface area contributed by atoms with Crippen LogP contribution in [0.3, 0.4) is 0 Å². The van der Waals surface area contributed by atoms with E-state index < -0.39 is 45.1 Å². The molecule has 0 saturated heterocycles. The van der Waals surface area contributed by atoms with Gasteiger partial charge in [-0.1, -0.05) is 44.0 Å². The first-order valence-corrected chi connectivity index (χ1v) is 16.1. The van der Waals surface area contributed by atoms with Gasteiger partial charge in [-0.2, -0.15) is 8.42 Å². The van der Waals surface area contributed by atoms with Gasteiger partial charge in [0.2, 0.25) is 5.78 Å². The van der Waals surface area contributed by atoms with Crippen LogP contribution < -0.4 is 0 Å². The summed E-state index contributed by atoms with van der Waals surface area (Å²) in [7, 11) is -4.34. The third-order valence-electron chi connectivity index (χ3n) is 9.96. The molecule has 5 rings (SSSR count). The SMILES string of the molecule is CCCOC(=O)O[C@]1(C(=O)COS(=O)(=O)c2ccc(Cl)cc2)CC[C@H]2[C@@H]3CCC4=CC(=O)C=C[C@]4(C)[C@H]3C(=O)C[C@@]21C. The monoisotopic (exact) mass is 618 g/mol. The van der Waals surface area contributed by atoms with Gasteiger partial charge in [0.05, 0.1) is 11.5 Å². The highest BCUT2D eigenvalue weighted by Crippen LogP contribution is 2.67. The lowest BCUT2D eigenvalue weighted by Gasteiger charge is -2.57. The maximum absolute atomic E-state index is 14.1. The lowest BCUT2D eigenvalue weighted by atomic mass is 9.46. The molecule has 0 unspecified atom stereocenters. The summed E-state index contributed by atoms with van der Waals surface area (Å²) in [5, 5.41) is 0.336. The standard InChI is InChI=1S/C31H35ClO9S/c1-4-15-39-28(36)41-31(26(35)18-40-42(37,38)22-8-6-20(32)7-9-22)14-12-24-23-10-5-19-16-21(33)11-13-29(19,2)27(23)25(34)17-30(24,31)3/h6-9,11,13,16,23-24,27H,4-5,10,12,14-15,17-18H2,1-3H3/t23-,24-,27+,29-,30-,31-/m0/s1. The summed E-state index contributed by atoms with van der Waals surface area (Å²) in [6, 6.07) is 5.32. The molecule has 0 N–H and O–H groups in total. The summed E-state index contributed by atoms with van der Waals surface area (Å²) in [5.41, 5.74) is -2.61. The number of allylic oxidation sites excluding steroid dienone is 4. The first-order chi connectivity index (χ1) is 19.8. The van der Waals surface area contributed by atoms with Gasteiger partial charge in [0, 0.05) is 28.2 Å². The van der Waals surface area contributed by atoms with Gasteiger partial charge in [-0.05, 0) is 80.4 Å². The molecule has 0 radical (unpaired) electrons. The van der Waals surface area contributed by atoms with Crippen molar-refractivity contribution in [1.82, 2.24) is 0 Å². The fourth-order valence-corrected chi connectivity index (χ4v) is 8.97. The Labute approximate surface area is 250 Å². The van der Waals surface area contributed by atoms with Gasteiger partial charge in [0.15, 0.2) is 11.4 Å². The van der Waals surface area contributed by atoms with Gasteiger partial charge in [-0.3, -0.25) is 18.6 Å². The Hall–Kier alpha value is -2.82. The average Bonchev–Trinajstić information content (AvgIpc) is 3.23. The molecule has 226 valence electrons. The largest absolute Gasteiger partial charge is 0.509 e. The van der Waals surface area contributed by atoms with E-state index in [0.29, 0.717) is 30.7 Å². The Morgan fingerprint density at radius 2 is 1.81 bits per heavy atom. The van der Waals surface area contributed by atoms with Crippen molar-refractivity contribution in [1.29, 1.82) is 0 Å². The molecule has 0 heterocycles. The van der Waals surface area contributed by atoms with Crippen LogP contribution in [0, 0.1) is 28.6 Å². The summed E-state index contributed by atoms with van der Waals surface area (Å²) < 4.78 is 42.0. The number of ether oxygens (including phenoxy) is 2. The lowest BCUT2D eigenvalue weighted by Crippen LogP contribution is -2.62. The minimum absolute atomic E-state index is 0.0553. The number of benzene rings is 1. The second-order valence-corrected chi connectivity index (χ2v) is 14.2. The fourth-order valence-electron chi connectivity index (χ4n) is 7.97. The molecule has 9 nitrogen and oxygen atoms in total. The number of rotatable bonds is 8. The molecular formula is C31H35ClO9S. The molecule has 0 bridgehead atoms. The topological polar surface area (TPSA) is 130 Å². The van der Waals surface area contributed by atoms with Crippen LogP contribution in [0.15, 0.2) is 53.0 Å². The van der Waals surface area contributed by atoms with Gasteiger partial charge >= 0.3 is 6.16 Å². The fraction of sp³-hybridized carbons (Fsp3) is 0.548. The summed E-state index contributed by atoms with van der Waals surface area (Å²) in [6.07, 6.45) is 6.28. The number of carbonyl (C=O) groups excluding carboxylic acids is 4. The molecule has 0 amide bonds. The molecular weight excluding hydrogens is 584 g/mol. The van der Waals surface area contributed by atoms with Gasteiger partial charge in [-0.15, -0.1) is 0 Å². The minimum atomic E-state index is -4.34. The first-order valence-electron chi connectivity index (χ1n) is 14.3. The molecule has 3 saturated carbocycles. The summed E-state index contributed by atoms with van der Waals surface area (Å²) in [6.45, 7) is 4.78. The van der Waals surface area contributed by atoms with E-state index in [1.54, 1.807) is 13.0 Å². The average molecular weight is 619 g/mol. The summed E-state index contributed by atoms with van der Waals surface area (Å²) in [5.74, 6) is -1.60. The molecule has 11 heteroatoms. The Bertz CT molecular complexity index is 1480. The van der Waals surface area contributed by atoms with Crippen molar-refractivity contribution < 1.29 is 41.3 Å². The molecule has 6 atom stereocenters. The van der Waals surface area contributed by atoms with E-state index >= 15 is 0 Å². The van der Waals surface area contributed by atoms with E-state index in [9.17, 15) is 27.6 Å². The maximum atomic E-state index is 14.1. The van der Waals surface area contributed by atoms with E-state index in [1.807, 2.05) is 19.9 Å². The quantitative estimate of drug-likeness (QED) is 0.277. The molecule has 3 fully saturated rings. The van der Waals surface area contributed by atoms with Crippen LogP contribution in [0.4, 0.5) is 4.79 Å². The van der Waals surface area contributed by atoms with Crippen molar-refractivity contribution in [2.45, 2.75) is 69.8 Å². The third kappa shape index (κ3) is 4.95. The molecule has 4 aliphatic rings. The molecule has 42 heavy (non-hydrogen) atoms. The van der Waals surface area contributed by atoms with Gasteiger partial charge < -0.3 is 9.47 Å². The smallest absolute Gasteiger partial charge is 0.434 e. The molecule has 0 aliphatic heterocycles. The third-order valence-corrected chi connectivity index (χ3v) is 11.5. The van der Waals surface area contributed by atoms with E-state index in [1.165, 1.54) is 30.3 Å². The zero-order chi connectivity index (χ0) is 30.5. The normalized spacial score (nSPS) is 33.7. The van der Waals surface area contributed by atoms with E-state index in [0.717, 1.165) is 5.57 Å². The number of hydrogen-bond donors (Lipinski definition) is 0. The van der Waals surface area contributed by atoms with Crippen LogP contribution in [0.1, 0.15) is 59.3 Å². The van der Waals surface area contributed by atoms with Crippen molar-refractivity contribution >= 4 is 45.2 Å². The van der Waals surface area contributed by atoms with E-state index in [2.05, 4.69) is 0 Å². The van der Waals surface area contributed by atoms with Crippen LogP contribution in [0.2, 0.25) is 5.02 Å². The van der Waals surface area contributed by atoms with Crippen LogP contribution >= 0.6 is 11.6 Å². The van der Waals surface area contributed by atoms with Crippen LogP contribution in [0.25, 0.3) is 0 Å². The zero-order valence-electron chi connectivity index (χ0n) is 23.9. The van der Waals surface area contributed by atoms with Gasteiger partial charge in [-0.25, -0.2) is 4.79 Å². The lowest BCUT2D eigenvalue weighted by molar-refractivity contribution is -0.172. The molecule has 4 aliphatic carbocycles. The van der Waals surface area contributed by atoms with Crippen molar-refractivity contribution in [3.05, 3.63) is 53.1 Å². The Balaban J connectivity index is 1.47. The number of hydrogen-bond acceptors (Lipinski definition) is 9. The Morgan fingerprint density at radius 1 is 1.10 bits per heavy atom. The summed E-state index contributed by atoms with van der Waals surface area (Å²) >= 11 is 5.87. The zero-order valence-corrected chi connectivity index (χ0v) is 25.5. The van der Waals surface area contributed by atoms with Crippen molar-refractivity contribution in [2.75, 3.05) is 13.2 Å². The Morgan fingerprint density at radius 3 is 2.50 bits per heavy atom. The first kappa shape index (κ1) is 30.6. The number of fused-ring (bicyclic) bond motifs is 5. The predicted molar refractivity (Wildman–Crippen MR) is 152 cm³/mol. The molecule has 0 aromatic heterocycles. The minimum Gasteiger partial charge on any atom is -0.434 e. The van der Waals surface area contributed by atoms with Crippen LogP contribution in [-0.4, -0.2) is 50.7 Å². The maximum Gasteiger partial charge on any atom is 0.509 e. The molecule has 1 aromatic carbocycles. The number of ketones is 3. The number of carbonyl (C=O) groups is 4. The Kier molecular flexibility index (Phi) is 8.04. The molecule has 0 spiro atoms. The van der Waals surface area contributed by atoms with Crippen molar-refractivity contribution in [3.8, 4) is 0 Å². The van der Waals surface area contributed by atoms with Crippen LogP contribution in [0.5, 0.6) is 0 Å². The van der Waals surface area contributed by atoms with Crippen molar-refractivity contribution in [3.63, 3.8) is 0 Å². The van der Waals surface area contributed by atoms with Gasteiger partial charge in [0.25, 0.3) is 10.1 Å². The van der Waals surface area contributed by atoms with E-state index in [4.69, 9.17) is 25.3 Å². The van der Waals surface area contributed by atoms with Crippen LogP contribution in [-0.2, 0) is 38.2 Å². The van der Waals surface area contributed by atoms with E-state index in [-0.39, 0.29) is 53.7 Å². The second-order valence-electron chi connectivity index (χ2n) is 12.2. The highest BCUT2D eigenvalue weighted by atomic mass is 35.5. The number of Topliss-reactive ketones (excluding diaryl/α,β-unsaturated/α-hetero) is 2.